The van der Waals surface area contributed by atoms with Gasteiger partial charge in [0.15, 0.2) is 0 Å². The molecule has 0 aliphatic heterocycles. The van der Waals surface area contributed by atoms with Crippen molar-refractivity contribution in [1.29, 1.82) is 0 Å². The summed E-state index contributed by atoms with van der Waals surface area (Å²) >= 11 is 1.47. The van der Waals surface area contributed by atoms with Crippen LogP contribution in [0.1, 0.15) is 23.4 Å². The monoisotopic (exact) mass is 507 g/mol. The maximum absolute atomic E-state index is 13.1. The molecule has 0 aliphatic carbocycles. The molecule has 0 spiro atoms. The summed E-state index contributed by atoms with van der Waals surface area (Å²) in [6.45, 7) is 4.86. The molecular formula is C28H33N3O4S. The van der Waals surface area contributed by atoms with Crippen molar-refractivity contribution in [3.8, 4) is 11.1 Å². The summed E-state index contributed by atoms with van der Waals surface area (Å²) in [5.74, 6) is 0.583. The molecule has 2 N–H and O–H groups in total. The third kappa shape index (κ3) is 7.09. The summed E-state index contributed by atoms with van der Waals surface area (Å²) in [5.41, 5.74) is 4.01. The van der Waals surface area contributed by atoms with Crippen LogP contribution in [-0.4, -0.2) is 59.5 Å². The Kier molecular flexibility index (Phi) is 9.38. The van der Waals surface area contributed by atoms with Crippen LogP contribution < -0.4 is 5.56 Å². The Morgan fingerprint density at radius 3 is 2.67 bits per heavy atom. The molecule has 36 heavy (non-hydrogen) atoms. The number of aromatic nitrogens is 2. The van der Waals surface area contributed by atoms with E-state index in [1.165, 1.54) is 16.9 Å². The summed E-state index contributed by atoms with van der Waals surface area (Å²) in [4.78, 5) is 23.6. The van der Waals surface area contributed by atoms with Crippen molar-refractivity contribution in [2.45, 2.75) is 32.6 Å². The molecule has 2 aromatic carbocycles. The zero-order valence-corrected chi connectivity index (χ0v) is 21.6. The molecule has 0 radical (unpaired) electrons. The smallest absolute Gasteiger partial charge is 0.260 e. The summed E-state index contributed by atoms with van der Waals surface area (Å²) in [7, 11) is 1.67. The van der Waals surface area contributed by atoms with E-state index in [4.69, 9.17) is 14.5 Å². The van der Waals surface area contributed by atoms with E-state index in [0.717, 1.165) is 23.1 Å². The predicted molar refractivity (Wildman–Crippen MR) is 144 cm³/mol. The molecule has 190 valence electrons. The van der Waals surface area contributed by atoms with Gasteiger partial charge in [0.05, 0.1) is 31.2 Å². The van der Waals surface area contributed by atoms with E-state index in [1.54, 1.807) is 7.11 Å². The van der Waals surface area contributed by atoms with Crippen molar-refractivity contribution in [3.05, 3.63) is 87.3 Å². The molecule has 0 amide bonds. The highest BCUT2D eigenvalue weighted by molar-refractivity contribution is 7.17. The molecule has 1 unspecified atom stereocenters. The fraction of sp³-hybridized carbons (Fsp3) is 0.357. The van der Waals surface area contributed by atoms with Crippen molar-refractivity contribution in [3.63, 3.8) is 0 Å². The average molecular weight is 508 g/mol. The minimum absolute atomic E-state index is 0.143. The minimum Gasteiger partial charge on any atom is -0.389 e. The number of hydrogen-bond donors (Lipinski definition) is 2. The molecule has 0 saturated carbocycles. The number of aromatic amines is 1. The number of methoxy groups -OCH3 is 1. The molecular weight excluding hydrogens is 474 g/mol. The molecule has 0 bridgehead atoms. The lowest BCUT2D eigenvalue weighted by Crippen LogP contribution is -2.36. The first-order chi connectivity index (χ1) is 17.5. The van der Waals surface area contributed by atoms with E-state index in [-0.39, 0.29) is 12.2 Å². The Hall–Kier alpha value is -2.88. The molecule has 4 aromatic rings. The van der Waals surface area contributed by atoms with E-state index in [9.17, 15) is 9.90 Å². The third-order valence-corrected chi connectivity index (χ3v) is 6.81. The topological polar surface area (TPSA) is 87.7 Å². The van der Waals surface area contributed by atoms with Crippen LogP contribution in [0, 0.1) is 6.92 Å². The summed E-state index contributed by atoms with van der Waals surface area (Å²) < 4.78 is 10.9. The van der Waals surface area contributed by atoms with Gasteiger partial charge in [-0.3, -0.25) is 9.69 Å². The van der Waals surface area contributed by atoms with Crippen molar-refractivity contribution < 1.29 is 14.6 Å². The van der Waals surface area contributed by atoms with Crippen molar-refractivity contribution in [2.75, 3.05) is 33.4 Å². The van der Waals surface area contributed by atoms with Gasteiger partial charge in [0.1, 0.15) is 10.7 Å². The fourth-order valence-corrected chi connectivity index (χ4v) is 5.10. The number of thiophene rings is 1. The lowest BCUT2D eigenvalue weighted by atomic mass is 10.1. The normalized spacial score (nSPS) is 12.4. The molecule has 2 aromatic heterocycles. The average Bonchev–Trinajstić information content (AvgIpc) is 3.30. The second-order valence-electron chi connectivity index (χ2n) is 8.94. The first-order valence-corrected chi connectivity index (χ1v) is 13.0. The van der Waals surface area contributed by atoms with Crippen LogP contribution in [0.2, 0.25) is 0 Å². The van der Waals surface area contributed by atoms with Gasteiger partial charge in [0.25, 0.3) is 5.56 Å². The van der Waals surface area contributed by atoms with Crippen molar-refractivity contribution >= 4 is 21.6 Å². The summed E-state index contributed by atoms with van der Waals surface area (Å²) in [6.07, 6.45) is 0.138. The Morgan fingerprint density at radius 2 is 1.92 bits per heavy atom. The number of nitrogens with one attached hydrogen (secondary N) is 1. The first kappa shape index (κ1) is 26.2. The number of H-pyrrole nitrogens is 1. The van der Waals surface area contributed by atoms with Gasteiger partial charge >= 0.3 is 0 Å². The van der Waals surface area contributed by atoms with E-state index >= 15 is 0 Å². The molecule has 7 nitrogen and oxygen atoms in total. The van der Waals surface area contributed by atoms with Gasteiger partial charge in [-0.15, -0.1) is 11.3 Å². The number of hydrogen-bond acceptors (Lipinski definition) is 7. The minimum atomic E-state index is -0.665. The van der Waals surface area contributed by atoms with E-state index in [2.05, 4.69) is 9.88 Å². The molecule has 0 aliphatic rings. The third-order valence-electron chi connectivity index (χ3n) is 5.94. The van der Waals surface area contributed by atoms with E-state index in [1.807, 2.05) is 66.9 Å². The van der Waals surface area contributed by atoms with Gasteiger partial charge in [-0.05, 0) is 24.5 Å². The number of nitrogens with zero attached hydrogens (tertiary/aromatic N) is 2. The van der Waals surface area contributed by atoms with Crippen LogP contribution in [0.3, 0.4) is 0 Å². The second-order valence-corrected chi connectivity index (χ2v) is 9.80. The Balaban J connectivity index is 1.44. The van der Waals surface area contributed by atoms with Crippen LogP contribution >= 0.6 is 11.3 Å². The van der Waals surface area contributed by atoms with Gasteiger partial charge < -0.3 is 19.6 Å². The number of rotatable bonds is 13. The van der Waals surface area contributed by atoms with Crippen LogP contribution in [-0.2, 0) is 22.6 Å². The Morgan fingerprint density at radius 1 is 1.14 bits per heavy atom. The molecule has 8 heteroatoms. The van der Waals surface area contributed by atoms with Crippen LogP contribution in [0.5, 0.6) is 0 Å². The SMILES string of the molecule is COCCCN(Cc1nc2scc(-c3ccc(C)cc3)c2c(=O)[nH]1)CC(O)COCc1ccccc1. The number of aryl methyl sites for hydroxylation is 1. The number of fused-ring (bicyclic) bond motifs is 1. The number of aliphatic hydroxyl groups is 1. The lowest BCUT2D eigenvalue weighted by Gasteiger charge is -2.24. The van der Waals surface area contributed by atoms with Crippen LogP contribution in [0.15, 0.2) is 64.8 Å². The van der Waals surface area contributed by atoms with Crippen LogP contribution in [0.25, 0.3) is 21.3 Å². The second kappa shape index (κ2) is 12.9. The quantitative estimate of drug-likeness (QED) is 0.261. The maximum Gasteiger partial charge on any atom is 0.260 e. The van der Waals surface area contributed by atoms with Gasteiger partial charge in [0, 0.05) is 37.7 Å². The zero-order valence-electron chi connectivity index (χ0n) is 20.8. The lowest BCUT2D eigenvalue weighted by molar-refractivity contribution is 0.00700. The number of benzene rings is 2. The Bertz CT molecular complexity index is 1290. The Labute approximate surface area is 215 Å². The molecule has 4 rings (SSSR count). The first-order valence-electron chi connectivity index (χ1n) is 12.1. The fourth-order valence-electron chi connectivity index (χ4n) is 4.13. The highest BCUT2D eigenvalue weighted by atomic mass is 32.1. The molecule has 2 heterocycles. The zero-order chi connectivity index (χ0) is 25.3. The number of aliphatic hydroxyl groups excluding tert-OH is 1. The van der Waals surface area contributed by atoms with Crippen molar-refractivity contribution in [2.24, 2.45) is 0 Å². The molecule has 0 fully saturated rings. The summed E-state index contributed by atoms with van der Waals surface area (Å²) in [6, 6.07) is 18.0. The van der Waals surface area contributed by atoms with Gasteiger partial charge in [0.2, 0.25) is 0 Å². The standard InChI is InChI=1S/C28H33N3O4S/c1-20-9-11-22(12-10-20)24-19-36-28-26(24)27(33)29-25(30-28)16-31(13-6-14-34-2)15-23(32)18-35-17-21-7-4-3-5-8-21/h3-5,7-12,19,23,32H,6,13-18H2,1-2H3,(H,29,30,33). The van der Waals surface area contributed by atoms with Gasteiger partial charge in [-0.2, -0.15) is 0 Å². The highest BCUT2D eigenvalue weighted by Gasteiger charge is 2.17. The largest absolute Gasteiger partial charge is 0.389 e. The maximum atomic E-state index is 13.1. The van der Waals surface area contributed by atoms with Crippen LogP contribution in [0.4, 0.5) is 0 Å². The van der Waals surface area contributed by atoms with Gasteiger partial charge in [-0.25, -0.2) is 4.98 Å². The molecule has 0 saturated heterocycles. The van der Waals surface area contributed by atoms with Gasteiger partial charge in [-0.1, -0.05) is 60.2 Å². The van der Waals surface area contributed by atoms with E-state index in [0.29, 0.717) is 48.9 Å². The molecule has 1 atom stereocenters. The summed E-state index contributed by atoms with van der Waals surface area (Å²) in [5, 5.41) is 13.2. The number of ether oxygens (including phenoxy) is 2. The predicted octanol–water partition coefficient (Wildman–Crippen LogP) is 4.38. The van der Waals surface area contributed by atoms with Crippen molar-refractivity contribution in [1.82, 2.24) is 14.9 Å². The van der Waals surface area contributed by atoms with E-state index < -0.39 is 6.10 Å². The highest BCUT2D eigenvalue weighted by Crippen LogP contribution is 2.30.